The molecule has 4 nitrogen and oxygen atoms in total. The van der Waals surface area contributed by atoms with Crippen molar-refractivity contribution < 1.29 is 4.79 Å². The summed E-state index contributed by atoms with van der Waals surface area (Å²) >= 11 is 0. The Morgan fingerprint density at radius 2 is 2.10 bits per heavy atom. The van der Waals surface area contributed by atoms with Crippen molar-refractivity contribution in [1.82, 2.24) is 10.2 Å². The molecule has 4 heteroatoms. The smallest absolute Gasteiger partial charge is 0.237 e. The van der Waals surface area contributed by atoms with Crippen LogP contribution in [0.2, 0.25) is 0 Å². The molecule has 118 valence electrons. The lowest BCUT2D eigenvalue weighted by molar-refractivity contribution is -0.124. The van der Waals surface area contributed by atoms with Crippen molar-refractivity contribution in [3.63, 3.8) is 0 Å². The number of nitrogens with zero attached hydrogens (tertiary/aromatic N) is 1. The average molecular weight is 283 g/mol. The first-order chi connectivity index (χ1) is 9.37. The Morgan fingerprint density at radius 1 is 1.40 bits per heavy atom. The molecule has 0 spiro atoms. The highest BCUT2D eigenvalue weighted by molar-refractivity contribution is 5.84. The Balaban J connectivity index is 2.49. The molecule has 20 heavy (non-hydrogen) atoms. The van der Waals surface area contributed by atoms with Crippen LogP contribution in [0.3, 0.4) is 0 Å². The van der Waals surface area contributed by atoms with E-state index in [-0.39, 0.29) is 11.9 Å². The maximum atomic E-state index is 11.7. The first-order valence-electron chi connectivity index (χ1n) is 8.17. The molecular weight excluding hydrogens is 250 g/mol. The van der Waals surface area contributed by atoms with Gasteiger partial charge in [0.05, 0.1) is 5.54 Å². The maximum Gasteiger partial charge on any atom is 0.237 e. The molecule has 0 bridgehead atoms. The Hall–Kier alpha value is -0.610. The van der Waals surface area contributed by atoms with E-state index in [1.54, 1.807) is 0 Å². The normalized spacial score (nSPS) is 24.4. The van der Waals surface area contributed by atoms with Gasteiger partial charge in [-0.3, -0.25) is 4.79 Å². The van der Waals surface area contributed by atoms with Crippen LogP contribution in [0.25, 0.3) is 0 Å². The molecule has 1 aliphatic rings. The van der Waals surface area contributed by atoms with E-state index in [1.807, 2.05) is 6.92 Å². The van der Waals surface area contributed by atoms with Gasteiger partial charge in [-0.2, -0.15) is 0 Å². The summed E-state index contributed by atoms with van der Waals surface area (Å²) in [7, 11) is 0. The minimum Gasteiger partial charge on any atom is -0.368 e. The molecule has 1 saturated heterocycles. The second-order valence-electron chi connectivity index (χ2n) is 6.79. The fraction of sp³-hybridized carbons (Fsp3) is 0.938. The molecule has 0 saturated carbocycles. The summed E-state index contributed by atoms with van der Waals surface area (Å²) in [6.07, 6.45) is 6.01. The first-order valence-corrected chi connectivity index (χ1v) is 8.17. The molecule has 1 aliphatic heterocycles. The third-order valence-electron chi connectivity index (χ3n) is 4.60. The van der Waals surface area contributed by atoms with Gasteiger partial charge in [0.2, 0.25) is 5.91 Å². The van der Waals surface area contributed by atoms with Crippen LogP contribution >= 0.6 is 0 Å². The number of primary amides is 1. The zero-order chi connectivity index (χ0) is 15.2. The second-order valence-corrected chi connectivity index (χ2v) is 6.79. The number of nitrogens with two attached hydrogens (primary N) is 1. The third kappa shape index (κ3) is 5.41. The number of rotatable bonds is 7. The molecular formula is C16H33N3O. The van der Waals surface area contributed by atoms with Gasteiger partial charge in [-0.1, -0.05) is 13.3 Å². The average Bonchev–Trinajstić information content (AvgIpc) is 2.60. The van der Waals surface area contributed by atoms with Gasteiger partial charge in [0.1, 0.15) is 0 Å². The monoisotopic (exact) mass is 283 g/mol. The topological polar surface area (TPSA) is 58.4 Å². The Labute approximate surface area is 124 Å². The standard InChI is InChI=1S/C16H33N3O/c1-5-14-7-6-10-19(11-8-14)12-9-16(4,15(17)20)18-13(2)3/h13-14,18H,5-12H2,1-4H3,(H2,17,20). The van der Waals surface area contributed by atoms with E-state index in [4.69, 9.17) is 5.73 Å². The number of hydrogen-bond acceptors (Lipinski definition) is 3. The zero-order valence-electron chi connectivity index (χ0n) is 13.7. The summed E-state index contributed by atoms with van der Waals surface area (Å²) in [5.74, 6) is 0.642. The number of carbonyl (C=O) groups excluding carboxylic acids is 1. The van der Waals surface area contributed by atoms with Crippen LogP contribution in [-0.4, -0.2) is 42.0 Å². The van der Waals surface area contributed by atoms with E-state index in [9.17, 15) is 4.79 Å². The van der Waals surface area contributed by atoms with Crippen molar-refractivity contribution in [2.75, 3.05) is 19.6 Å². The number of carbonyl (C=O) groups is 1. The van der Waals surface area contributed by atoms with Crippen molar-refractivity contribution in [3.8, 4) is 0 Å². The first kappa shape index (κ1) is 17.4. The summed E-state index contributed by atoms with van der Waals surface area (Å²) < 4.78 is 0. The van der Waals surface area contributed by atoms with Crippen LogP contribution in [-0.2, 0) is 4.79 Å². The summed E-state index contributed by atoms with van der Waals surface area (Å²) in [5, 5.41) is 3.33. The number of nitrogens with one attached hydrogen (secondary N) is 1. The zero-order valence-corrected chi connectivity index (χ0v) is 13.7. The molecule has 0 radical (unpaired) electrons. The lowest BCUT2D eigenvalue weighted by atomic mass is 9.95. The van der Waals surface area contributed by atoms with Gasteiger partial charge < -0.3 is 16.0 Å². The van der Waals surface area contributed by atoms with Gasteiger partial charge in [-0.05, 0) is 65.5 Å². The highest BCUT2D eigenvalue weighted by atomic mass is 16.1. The summed E-state index contributed by atoms with van der Waals surface area (Å²) in [6.45, 7) is 11.6. The lowest BCUT2D eigenvalue weighted by Gasteiger charge is -2.32. The fourth-order valence-electron chi connectivity index (χ4n) is 3.14. The molecule has 1 heterocycles. The van der Waals surface area contributed by atoms with E-state index in [1.165, 1.54) is 25.7 Å². The maximum absolute atomic E-state index is 11.7. The summed E-state index contributed by atoms with van der Waals surface area (Å²) in [6, 6.07) is 0.265. The molecule has 2 unspecified atom stereocenters. The largest absolute Gasteiger partial charge is 0.368 e. The van der Waals surface area contributed by atoms with Gasteiger partial charge in [-0.15, -0.1) is 0 Å². The van der Waals surface area contributed by atoms with Crippen LogP contribution in [0.4, 0.5) is 0 Å². The van der Waals surface area contributed by atoms with Crippen LogP contribution in [0.1, 0.15) is 59.8 Å². The van der Waals surface area contributed by atoms with Crippen molar-refractivity contribution in [1.29, 1.82) is 0 Å². The number of hydrogen-bond donors (Lipinski definition) is 2. The van der Waals surface area contributed by atoms with Crippen molar-refractivity contribution >= 4 is 5.91 Å². The molecule has 2 atom stereocenters. The molecule has 1 rings (SSSR count). The Morgan fingerprint density at radius 3 is 2.65 bits per heavy atom. The SMILES string of the molecule is CCC1CCCN(CCC(C)(NC(C)C)C(N)=O)CC1. The highest BCUT2D eigenvalue weighted by Crippen LogP contribution is 2.21. The van der Waals surface area contributed by atoms with Crippen molar-refractivity contribution in [2.45, 2.75) is 71.4 Å². The van der Waals surface area contributed by atoms with Gasteiger partial charge in [0.15, 0.2) is 0 Å². The molecule has 1 fully saturated rings. The summed E-state index contributed by atoms with van der Waals surface area (Å²) in [5.41, 5.74) is 5.00. The minimum atomic E-state index is -0.593. The van der Waals surface area contributed by atoms with E-state index < -0.39 is 5.54 Å². The lowest BCUT2D eigenvalue weighted by Crippen LogP contribution is -2.56. The van der Waals surface area contributed by atoms with Crippen LogP contribution in [0, 0.1) is 5.92 Å². The molecule has 0 aromatic heterocycles. The van der Waals surface area contributed by atoms with Gasteiger partial charge in [0, 0.05) is 12.6 Å². The van der Waals surface area contributed by atoms with E-state index >= 15 is 0 Å². The highest BCUT2D eigenvalue weighted by Gasteiger charge is 2.31. The minimum absolute atomic E-state index is 0.243. The van der Waals surface area contributed by atoms with Crippen molar-refractivity contribution in [2.24, 2.45) is 11.7 Å². The molecule has 0 aliphatic carbocycles. The number of amides is 1. The van der Waals surface area contributed by atoms with Crippen LogP contribution < -0.4 is 11.1 Å². The van der Waals surface area contributed by atoms with Gasteiger partial charge >= 0.3 is 0 Å². The summed E-state index contributed by atoms with van der Waals surface area (Å²) in [4.78, 5) is 14.2. The predicted octanol–water partition coefficient (Wildman–Crippen LogP) is 2.13. The van der Waals surface area contributed by atoms with Crippen molar-refractivity contribution in [3.05, 3.63) is 0 Å². The molecule has 0 aromatic carbocycles. The number of likely N-dealkylation sites (tertiary alicyclic amines) is 1. The Bertz CT molecular complexity index is 306. The van der Waals surface area contributed by atoms with Gasteiger partial charge in [-0.25, -0.2) is 0 Å². The molecule has 3 N–H and O–H groups in total. The van der Waals surface area contributed by atoms with E-state index in [0.717, 1.165) is 32.0 Å². The quantitative estimate of drug-likeness (QED) is 0.752. The molecule has 1 amide bonds. The van der Waals surface area contributed by atoms with E-state index in [2.05, 4.69) is 31.0 Å². The fourth-order valence-corrected chi connectivity index (χ4v) is 3.14. The third-order valence-corrected chi connectivity index (χ3v) is 4.60. The Kier molecular flexibility index (Phi) is 6.96. The van der Waals surface area contributed by atoms with E-state index in [0.29, 0.717) is 0 Å². The van der Waals surface area contributed by atoms with Crippen LogP contribution in [0.5, 0.6) is 0 Å². The predicted molar refractivity (Wildman–Crippen MR) is 84.6 cm³/mol. The van der Waals surface area contributed by atoms with Gasteiger partial charge in [0.25, 0.3) is 0 Å². The second kappa shape index (κ2) is 7.99. The van der Waals surface area contributed by atoms with Crippen LogP contribution in [0.15, 0.2) is 0 Å². The molecule has 0 aromatic rings.